The molecule has 4 aliphatic heterocycles. The summed E-state index contributed by atoms with van der Waals surface area (Å²) in [4.78, 5) is 97.2. The fraction of sp³-hybridized carbons (Fsp3) is 0.500. The van der Waals surface area contributed by atoms with E-state index < -0.39 is 54.2 Å². The number of carboxylic acid groups (broad SMARTS) is 1. The number of carboxylic acids is 1. The van der Waals surface area contributed by atoms with Crippen molar-refractivity contribution in [2.45, 2.75) is 95.2 Å². The lowest BCUT2D eigenvalue weighted by molar-refractivity contribution is -0.164. The summed E-state index contributed by atoms with van der Waals surface area (Å²) in [5, 5.41) is 30.0. The van der Waals surface area contributed by atoms with Crippen molar-refractivity contribution in [3.8, 4) is 11.8 Å². The number of piperidine rings is 2. The van der Waals surface area contributed by atoms with E-state index in [2.05, 4.69) is 25.3 Å². The summed E-state index contributed by atoms with van der Waals surface area (Å²) in [5.41, 5.74) is 0.620. The largest absolute Gasteiger partial charge is 0.490 e. The van der Waals surface area contributed by atoms with Crippen molar-refractivity contribution in [2.75, 3.05) is 62.3 Å². The SMILES string of the molecule is N#Cc1ccc(OC2CCC(NC(=O)c3ccc(N4CCC(CN5CCN(c6cc7c(cc6F)C(=O)N(C6CCC(=O)N(COC(=O)CCCCC(=O)O)C6=O)C7=O)CC5)CC4)nn3)CC2)cc1Cl. The molecule has 2 N–H and O–H groups in total. The summed E-state index contributed by atoms with van der Waals surface area (Å²) < 4.78 is 26.9. The van der Waals surface area contributed by atoms with E-state index in [4.69, 9.17) is 31.4 Å². The Kier molecular flexibility index (Phi) is 15.3. The smallest absolute Gasteiger partial charge is 0.307 e. The van der Waals surface area contributed by atoms with Gasteiger partial charge < -0.3 is 29.7 Å². The Labute approximate surface area is 402 Å². The number of nitrogens with one attached hydrogen (secondary N) is 1. The molecule has 19 nitrogen and oxygen atoms in total. The van der Waals surface area contributed by atoms with Crippen LogP contribution in [-0.4, -0.2) is 142 Å². The van der Waals surface area contributed by atoms with Gasteiger partial charge in [0.2, 0.25) is 5.91 Å². The number of imide groups is 2. The van der Waals surface area contributed by atoms with Gasteiger partial charge in [-0.1, -0.05) is 11.6 Å². The highest BCUT2D eigenvalue weighted by Crippen LogP contribution is 2.35. The first-order valence-electron chi connectivity index (χ1n) is 23.4. The zero-order valence-corrected chi connectivity index (χ0v) is 38.7. The molecular weight excluding hydrogens is 917 g/mol. The highest BCUT2D eigenvalue weighted by atomic mass is 35.5. The summed E-state index contributed by atoms with van der Waals surface area (Å²) in [7, 11) is 0. The maximum absolute atomic E-state index is 15.7. The molecule has 2 aromatic carbocycles. The normalized spacial score (nSPS) is 21.3. The summed E-state index contributed by atoms with van der Waals surface area (Å²) >= 11 is 6.15. The number of benzene rings is 2. The molecule has 4 fully saturated rings. The van der Waals surface area contributed by atoms with Crippen LogP contribution < -0.4 is 19.9 Å². The third-order valence-corrected chi connectivity index (χ3v) is 13.9. The Balaban J connectivity index is 0.761. The summed E-state index contributed by atoms with van der Waals surface area (Å²) in [5.74, 6) is -4.08. The molecule has 1 atom stereocenters. The van der Waals surface area contributed by atoms with Crippen LogP contribution in [0.15, 0.2) is 42.5 Å². The van der Waals surface area contributed by atoms with Crippen molar-refractivity contribution in [3.05, 3.63) is 75.7 Å². The van der Waals surface area contributed by atoms with Crippen LogP contribution in [0.5, 0.6) is 5.75 Å². The minimum atomic E-state index is -1.35. The number of likely N-dealkylation sites (tertiary alicyclic amines) is 1. The first-order valence-corrected chi connectivity index (χ1v) is 23.8. The van der Waals surface area contributed by atoms with Crippen molar-refractivity contribution in [1.82, 2.24) is 30.2 Å². The van der Waals surface area contributed by atoms with Gasteiger partial charge in [-0.15, -0.1) is 10.2 Å². The molecular formula is C48H53ClFN9O10. The van der Waals surface area contributed by atoms with Crippen LogP contribution in [0, 0.1) is 23.1 Å². The number of carbonyl (C=O) groups excluding carboxylic acids is 6. The number of rotatable bonds is 16. The third-order valence-electron chi connectivity index (χ3n) is 13.6. The molecule has 364 valence electrons. The van der Waals surface area contributed by atoms with Gasteiger partial charge in [0.25, 0.3) is 23.6 Å². The summed E-state index contributed by atoms with van der Waals surface area (Å²) in [6.07, 6.45) is 4.78. The summed E-state index contributed by atoms with van der Waals surface area (Å²) in [6.45, 7) is 3.98. The molecule has 3 aromatic rings. The molecule has 1 aromatic heterocycles. The number of piperazine rings is 1. The average molecular weight is 970 g/mol. The molecule has 5 aliphatic rings. The second-order valence-electron chi connectivity index (χ2n) is 18.1. The van der Waals surface area contributed by atoms with Gasteiger partial charge in [-0.3, -0.25) is 43.4 Å². The fourth-order valence-electron chi connectivity index (χ4n) is 9.68. The van der Waals surface area contributed by atoms with Crippen LogP contribution in [0.25, 0.3) is 0 Å². The number of esters is 1. The topological polar surface area (TPSA) is 236 Å². The summed E-state index contributed by atoms with van der Waals surface area (Å²) in [6, 6.07) is 11.6. The maximum atomic E-state index is 15.7. The van der Waals surface area contributed by atoms with E-state index in [0.717, 1.165) is 69.1 Å². The van der Waals surface area contributed by atoms with Gasteiger partial charge in [0, 0.05) is 77.2 Å². The van der Waals surface area contributed by atoms with Gasteiger partial charge in [0.05, 0.1) is 33.5 Å². The second kappa shape index (κ2) is 21.7. The standard InChI is InChI=1S/C48H53ClFN9O10/c49-36-23-33(8-5-30(36)26-51)69-32-9-6-31(7-10-32)52-45(64)38-11-13-41(54-53-38)57-17-15-29(16-18-57)27-55-19-21-56(22-20-55)40-25-35-34(24-37(40)50)46(65)59(47(35)66)39-12-14-42(60)58(48(39)67)28-68-44(63)4-2-1-3-43(61)62/h5,8,11,13,23-25,29,31-32,39H,1-4,6-7,9-10,12,14-22,27-28H2,(H,52,64)(H,61,62). The Hall–Kier alpha value is -6.72. The predicted molar refractivity (Wildman–Crippen MR) is 245 cm³/mol. The molecule has 21 heteroatoms. The lowest BCUT2D eigenvalue weighted by atomic mass is 9.93. The maximum Gasteiger partial charge on any atom is 0.307 e. The van der Waals surface area contributed by atoms with Crippen molar-refractivity contribution in [2.24, 2.45) is 5.92 Å². The number of nitrogens with zero attached hydrogens (tertiary/aromatic N) is 8. The Morgan fingerprint density at radius 2 is 1.55 bits per heavy atom. The first-order chi connectivity index (χ1) is 33.3. The van der Waals surface area contributed by atoms with Crippen LogP contribution in [0.3, 0.4) is 0 Å². The molecule has 0 bridgehead atoms. The molecule has 3 saturated heterocycles. The number of carbonyl (C=O) groups is 7. The molecule has 5 amide bonds. The lowest BCUT2D eigenvalue weighted by Crippen LogP contribution is -2.56. The molecule has 1 unspecified atom stereocenters. The van der Waals surface area contributed by atoms with Crippen molar-refractivity contribution in [1.29, 1.82) is 5.26 Å². The minimum absolute atomic E-state index is 0.00871. The van der Waals surface area contributed by atoms with E-state index in [1.54, 1.807) is 24.3 Å². The van der Waals surface area contributed by atoms with Crippen LogP contribution in [0.2, 0.25) is 5.02 Å². The van der Waals surface area contributed by atoms with Crippen LogP contribution in [-0.2, 0) is 23.9 Å². The molecule has 1 aliphatic carbocycles. The number of aromatic nitrogens is 2. The van der Waals surface area contributed by atoms with Crippen molar-refractivity contribution < 1.29 is 52.5 Å². The number of halogens is 2. The number of fused-ring (bicyclic) bond motifs is 1. The minimum Gasteiger partial charge on any atom is -0.490 e. The number of unbranched alkanes of at least 4 members (excludes halogenated alkanes) is 1. The number of nitriles is 1. The van der Waals surface area contributed by atoms with Gasteiger partial charge in [-0.05, 0) is 100 Å². The molecule has 1 saturated carbocycles. The lowest BCUT2D eigenvalue weighted by Gasteiger charge is -2.39. The Morgan fingerprint density at radius 3 is 2.22 bits per heavy atom. The number of ether oxygens (including phenoxy) is 2. The number of amides is 5. The molecule has 8 rings (SSSR count). The number of anilines is 2. The number of hydrogen-bond donors (Lipinski definition) is 2. The highest BCUT2D eigenvalue weighted by molar-refractivity contribution is 6.31. The predicted octanol–water partition coefficient (Wildman–Crippen LogP) is 4.56. The molecule has 5 heterocycles. The van der Waals surface area contributed by atoms with Gasteiger partial charge in [0.1, 0.15) is 23.7 Å². The Bertz CT molecular complexity index is 2520. The monoisotopic (exact) mass is 969 g/mol. The van der Waals surface area contributed by atoms with E-state index in [0.29, 0.717) is 59.2 Å². The van der Waals surface area contributed by atoms with Crippen LogP contribution in [0.4, 0.5) is 15.9 Å². The average Bonchev–Trinajstić information content (AvgIpc) is 3.58. The van der Waals surface area contributed by atoms with Gasteiger partial charge in [0.15, 0.2) is 18.2 Å². The van der Waals surface area contributed by atoms with E-state index in [-0.39, 0.29) is 79.1 Å². The number of aliphatic carboxylic acids is 1. The molecule has 0 radical (unpaired) electrons. The van der Waals surface area contributed by atoms with Crippen LogP contribution in [0.1, 0.15) is 114 Å². The van der Waals surface area contributed by atoms with Gasteiger partial charge >= 0.3 is 11.9 Å². The van der Waals surface area contributed by atoms with E-state index in [1.807, 2.05) is 17.0 Å². The number of hydrogen-bond acceptors (Lipinski definition) is 15. The first kappa shape index (κ1) is 48.7. The van der Waals surface area contributed by atoms with Crippen molar-refractivity contribution >= 4 is 64.6 Å². The quantitative estimate of drug-likeness (QED) is 0.114. The van der Waals surface area contributed by atoms with Crippen molar-refractivity contribution in [3.63, 3.8) is 0 Å². The van der Waals surface area contributed by atoms with E-state index in [1.165, 1.54) is 6.07 Å². The van der Waals surface area contributed by atoms with E-state index >= 15 is 4.39 Å². The Morgan fingerprint density at radius 1 is 0.841 bits per heavy atom. The zero-order chi connectivity index (χ0) is 48.8. The van der Waals surface area contributed by atoms with Gasteiger partial charge in [-0.25, -0.2) is 9.29 Å². The molecule has 0 spiro atoms. The highest BCUT2D eigenvalue weighted by Gasteiger charge is 2.48. The van der Waals surface area contributed by atoms with Crippen LogP contribution >= 0.6 is 11.6 Å². The third kappa shape index (κ3) is 11.4. The molecule has 69 heavy (non-hydrogen) atoms. The fourth-order valence-corrected chi connectivity index (χ4v) is 9.89. The van der Waals surface area contributed by atoms with Gasteiger partial charge in [-0.2, -0.15) is 5.26 Å². The van der Waals surface area contributed by atoms with E-state index in [9.17, 15) is 33.6 Å². The second-order valence-corrected chi connectivity index (χ2v) is 18.5. The zero-order valence-electron chi connectivity index (χ0n) is 37.9.